The molecule has 0 aromatic heterocycles. The third-order valence-corrected chi connectivity index (χ3v) is 3.34. The molecule has 2 rings (SSSR count). The molecule has 0 spiro atoms. The van der Waals surface area contributed by atoms with Crippen LogP contribution in [0.4, 0.5) is 5.69 Å². The number of Topliss-reactive ketones (excluding diaryl/α,β-unsaturated/α-hetero) is 1. The Morgan fingerprint density at radius 2 is 1.96 bits per heavy atom. The molecule has 120 valence electrons. The lowest BCUT2D eigenvalue weighted by Crippen LogP contribution is -2.20. The fourth-order valence-corrected chi connectivity index (χ4v) is 2.15. The molecule has 0 unspecified atom stereocenters. The average Bonchev–Trinajstić information content (AvgIpc) is 2.53. The molecule has 0 aliphatic rings. The van der Waals surface area contributed by atoms with Crippen molar-refractivity contribution in [2.45, 2.75) is 6.92 Å². The molecule has 1 N–H and O–H groups in total. The van der Waals surface area contributed by atoms with E-state index in [4.69, 9.17) is 21.1 Å². The molecule has 5 nitrogen and oxygen atoms in total. The second kappa shape index (κ2) is 7.65. The maximum Gasteiger partial charge on any atom is 0.262 e. The number of anilines is 1. The van der Waals surface area contributed by atoms with Crippen LogP contribution in [0.5, 0.6) is 11.5 Å². The second-order valence-electron chi connectivity index (χ2n) is 4.77. The largest absolute Gasteiger partial charge is 0.495 e. The van der Waals surface area contributed by atoms with Gasteiger partial charge in [-0.3, -0.25) is 9.59 Å². The Labute approximate surface area is 139 Å². The van der Waals surface area contributed by atoms with Crippen molar-refractivity contribution in [2.75, 3.05) is 19.0 Å². The van der Waals surface area contributed by atoms with Gasteiger partial charge in [0.2, 0.25) is 0 Å². The molecule has 0 atom stereocenters. The molecule has 0 heterocycles. The molecule has 2 aromatic carbocycles. The Hall–Kier alpha value is -2.53. The smallest absolute Gasteiger partial charge is 0.262 e. The summed E-state index contributed by atoms with van der Waals surface area (Å²) < 4.78 is 10.4. The van der Waals surface area contributed by atoms with Gasteiger partial charge in [-0.25, -0.2) is 0 Å². The molecule has 6 heteroatoms. The highest BCUT2D eigenvalue weighted by atomic mass is 35.5. The number of halogens is 1. The molecule has 0 saturated carbocycles. The number of ether oxygens (including phenoxy) is 2. The first-order valence-corrected chi connectivity index (χ1v) is 7.24. The van der Waals surface area contributed by atoms with E-state index in [1.54, 1.807) is 42.5 Å². The highest BCUT2D eigenvalue weighted by molar-refractivity contribution is 6.32. The molecule has 1 amide bonds. The summed E-state index contributed by atoms with van der Waals surface area (Å²) in [6, 6.07) is 11.6. The topological polar surface area (TPSA) is 64.6 Å². The fourth-order valence-electron chi connectivity index (χ4n) is 1.89. The molecular weight excluding hydrogens is 318 g/mol. The number of ketones is 1. The first-order chi connectivity index (χ1) is 11.0. The van der Waals surface area contributed by atoms with Crippen LogP contribution in [-0.4, -0.2) is 25.4 Å². The van der Waals surface area contributed by atoms with E-state index in [1.807, 2.05) is 0 Å². The van der Waals surface area contributed by atoms with Gasteiger partial charge in [-0.2, -0.15) is 0 Å². The molecular formula is C17H16ClNO4. The Kier molecular flexibility index (Phi) is 5.60. The van der Waals surface area contributed by atoms with Gasteiger partial charge < -0.3 is 14.8 Å². The first kappa shape index (κ1) is 16.8. The Morgan fingerprint density at radius 1 is 1.17 bits per heavy atom. The highest BCUT2D eigenvalue weighted by Gasteiger charge is 2.07. The lowest BCUT2D eigenvalue weighted by atomic mass is 10.1. The van der Waals surface area contributed by atoms with Crippen LogP contribution in [0, 0.1) is 0 Å². The van der Waals surface area contributed by atoms with Crippen LogP contribution in [-0.2, 0) is 4.79 Å². The number of nitrogens with one attached hydrogen (secondary N) is 1. The highest BCUT2D eigenvalue weighted by Crippen LogP contribution is 2.27. The summed E-state index contributed by atoms with van der Waals surface area (Å²) in [5.74, 6) is 0.592. The third-order valence-electron chi connectivity index (χ3n) is 3.05. The van der Waals surface area contributed by atoms with Crippen molar-refractivity contribution in [3.63, 3.8) is 0 Å². The van der Waals surface area contributed by atoms with E-state index in [0.29, 0.717) is 27.8 Å². The summed E-state index contributed by atoms with van der Waals surface area (Å²) >= 11 is 5.99. The Bertz CT molecular complexity index is 730. The van der Waals surface area contributed by atoms with Crippen LogP contribution in [0.25, 0.3) is 0 Å². The predicted octanol–water partition coefficient (Wildman–Crippen LogP) is 3.57. The summed E-state index contributed by atoms with van der Waals surface area (Å²) in [6.45, 7) is 1.30. The molecule has 0 aliphatic heterocycles. The molecule has 2 aromatic rings. The van der Waals surface area contributed by atoms with Crippen molar-refractivity contribution < 1.29 is 19.1 Å². The van der Waals surface area contributed by atoms with Crippen LogP contribution in [0.15, 0.2) is 42.5 Å². The number of methoxy groups -OCH3 is 1. The molecule has 0 saturated heterocycles. The average molecular weight is 334 g/mol. The van der Waals surface area contributed by atoms with Crippen LogP contribution >= 0.6 is 11.6 Å². The van der Waals surface area contributed by atoms with E-state index >= 15 is 0 Å². The predicted molar refractivity (Wildman–Crippen MR) is 88.6 cm³/mol. The zero-order valence-corrected chi connectivity index (χ0v) is 13.5. The van der Waals surface area contributed by atoms with Gasteiger partial charge in [-0.05, 0) is 37.3 Å². The monoisotopic (exact) mass is 333 g/mol. The van der Waals surface area contributed by atoms with Gasteiger partial charge in [0.1, 0.15) is 11.5 Å². The van der Waals surface area contributed by atoms with E-state index in [2.05, 4.69) is 5.32 Å². The van der Waals surface area contributed by atoms with Crippen LogP contribution in [0.3, 0.4) is 0 Å². The minimum Gasteiger partial charge on any atom is -0.495 e. The molecule has 0 aliphatic carbocycles. The standard InChI is InChI=1S/C17H16ClNO4/c1-11(20)12-4-3-5-14(8-12)23-10-17(21)19-13-6-7-16(22-2)15(18)9-13/h3-9H,10H2,1-2H3,(H,19,21). The normalized spacial score (nSPS) is 10.0. The van der Waals surface area contributed by atoms with Gasteiger partial charge in [0.25, 0.3) is 5.91 Å². The van der Waals surface area contributed by atoms with Crippen molar-refractivity contribution in [3.05, 3.63) is 53.1 Å². The fraction of sp³-hybridized carbons (Fsp3) is 0.176. The number of carbonyl (C=O) groups excluding carboxylic acids is 2. The van der Waals surface area contributed by atoms with Crippen molar-refractivity contribution in [1.29, 1.82) is 0 Å². The van der Waals surface area contributed by atoms with Crippen molar-refractivity contribution >= 4 is 29.0 Å². The van der Waals surface area contributed by atoms with Gasteiger partial charge in [0.05, 0.1) is 12.1 Å². The number of benzene rings is 2. The Morgan fingerprint density at radius 3 is 2.61 bits per heavy atom. The zero-order chi connectivity index (χ0) is 16.8. The van der Waals surface area contributed by atoms with Crippen molar-refractivity contribution in [2.24, 2.45) is 0 Å². The van der Waals surface area contributed by atoms with Crippen LogP contribution in [0.2, 0.25) is 5.02 Å². The van der Waals surface area contributed by atoms with E-state index < -0.39 is 0 Å². The number of hydrogen-bond donors (Lipinski definition) is 1. The minimum absolute atomic E-state index is 0.0622. The van der Waals surface area contributed by atoms with Crippen LogP contribution in [0.1, 0.15) is 17.3 Å². The maximum atomic E-state index is 11.9. The quantitative estimate of drug-likeness (QED) is 0.821. The Balaban J connectivity index is 1.94. The summed E-state index contributed by atoms with van der Waals surface area (Å²) in [4.78, 5) is 23.2. The van der Waals surface area contributed by atoms with E-state index in [0.717, 1.165) is 0 Å². The first-order valence-electron chi connectivity index (χ1n) is 6.87. The zero-order valence-electron chi connectivity index (χ0n) is 12.8. The van der Waals surface area contributed by atoms with Gasteiger partial charge in [0.15, 0.2) is 12.4 Å². The summed E-state index contributed by atoms with van der Waals surface area (Å²) in [7, 11) is 1.52. The SMILES string of the molecule is COc1ccc(NC(=O)COc2cccc(C(C)=O)c2)cc1Cl. The summed E-state index contributed by atoms with van der Waals surface area (Å²) in [5, 5.41) is 3.07. The number of amides is 1. The molecule has 0 fully saturated rings. The molecule has 23 heavy (non-hydrogen) atoms. The molecule has 0 radical (unpaired) electrons. The van der Waals surface area contributed by atoms with E-state index in [1.165, 1.54) is 14.0 Å². The lowest BCUT2D eigenvalue weighted by molar-refractivity contribution is -0.118. The number of hydrogen-bond acceptors (Lipinski definition) is 4. The third kappa shape index (κ3) is 4.72. The summed E-state index contributed by atoms with van der Waals surface area (Å²) in [5.41, 5.74) is 1.08. The van der Waals surface area contributed by atoms with E-state index in [9.17, 15) is 9.59 Å². The van der Waals surface area contributed by atoms with Crippen molar-refractivity contribution in [3.8, 4) is 11.5 Å². The lowest BCUT2D eigenvalue weighted by Gasteiger charge is -2.09. The number of carbonyl (C=O) groups is 2. The van der Waals surface area contributed by atoms with E-state index in [-0.39, 0.29) is 18.3 Å². The van der Waals surface area contributed by atoms with Gasteiger partial charge in [-0.15, -0.1) is 0 Å². The maximum absolute atomic E-state index is 11.9. The second-order valence-corrected chi connectivity index (χ2v) is 5.18. The van der Waals surface area contributed by atoms with Gasteiger partial charge in [0, 0.05) is 11.3 Å². The summed E-state index contributed by atoms with van der Waals surface area (Å²) in [6.07, 6.45) is 0. The van der Waals surface area contributed by atoms with Crippen molar-refractivity contribution in [1.82, 2.24) is 0 Å². The minimum atomic E-state index is -0.334. The van der Waals surface area contributed by atoms with Crippen LogP contribution < -0.4 is 14.8 Å². The molecule has 0 bridgehead atoms. The van der Waals surface area contributed by atoms with Gasteiger partial charge >= 0.3 is 0 Å². The number of rotatable bonds is 6. The van der Waals surface area contributed by atoms with Gasteiger partial charge in [-0.1, -0.05) is 23.7 Å².